The van der Waals surface area contributed by atoms with E-state index in [0.29, 0.717) is 12.0 Å². The summed E-state index contributed by atoms with van der Waals surface area (Å²) in [5, 5.41) is 3.48. The van der Waals surface area contributed by atoms with Gasteiger partial charge in [-0.05, 0) is 60.7 Å². The van der Waals surface area contributed by atoms with Crippen molar-refractivity contribution in [2.75, 3.05) is 26.2 Å². The van der Waals surface area contributed by atoms with Crippen molar-refractivity contribution in [3.05, 3.63) is 84.4 Å². The van der Waals surface area contributed by atoms with E-state index in [1.54, 1.807) is 0 Å². The molecule has 0 amide bonds. The van der Waals surface area contributed by atoms with E-state index in [2.05, 4.69) is 42.3 Å². The summed E-state index contributed by atoms with van der Waals surface area (Å²) in [6.45, 7) is 8.83. The molecule has 1 heterocycles. The summed E-state index contributed by atoms with van der Waals surface area (Å²) < 4.78 is 12.5. The van der Waals surface area contributed by atoms with Crippen LogP contribution in [0, 0.1) is 5.92 Å². The first kappa shape index (κ1) is 22.4. The zero-order valence-corrected chi connectivity index (χ0v) is 19.2. The lowest BCUT2D eigenvalue weighted by Crippen LogP contribution is -2.45. The number of rotatable bonds is 9. The van der Waals surface area contributed by atoms with E-state index in [-0.39, 0.29) is 0 Å². The van der Waals surface area contributed by atoms with Gasteiger partial charge in [0.25, 0.3) is 0 Å². The number of hydrogen-bond acceptors (Lipinski definition) is 4. The highest BCUT2D eigenvalue weighted by molar-refractivity contribution is 5.48. The van der Waals surface area contributed by atoms with Gasteiger partial charge in [-0.1, -0.05) is 56.3 Å². The lowest BCUT2D eigenvalue weighted by atomic mass is 9.95. The Morgan fingerprint density at radius 1 is 0.750 bits per heavy atom. The number of nitrogens with zero attached hydrogens (tertiary/aromatic N) is 1. The molecule has 1 atom stereocenters. The highest BCUT2D eigenvalue weighted by atomic mass is 16.5. The van der Waals surface area contributed by atoms with Crippen molar-refractivity contribution >= 4 is 0 Å². The van der Waals surface area contributed by atoms with Crippen LogP contribution in [0.3, 0.4) is 0 Å². The van der Waals surface area contributed by atoms with E-state index >= 15 is 0 Å². The van der Waals surface area contributed by atoms with Gasteiger partial charge in [-0.3, -0.25) is 4.90 Å². The summed E-state index contributed by atoms with van der Waals surface area (Å²) in [5.41, 5.74) is 1.29. The van der Waals surface area contributed by atoms with Crippen LogP contribution in [-0.4, -0.2) is 31.1 Å². The molecule has 4 rings (SSSR count). The molecule has 0 saturated carbocycles. The van der Waals surface area contributed by atoms with Gasteiger partial charge in [0.2, 0.25) is 0 Å². The first-order valence-corrected chi connectivity index (χ1v) is 11.7. The molecule has 1 saturated heterocycles. The molecule has 0 unspecified atom stereocenters. The van der Waals surface area contributed by atoms with E-state index in [4.69, 9.17) is 9.47 Å². The highest BCUT2D eigenvalue weighted by Crippen LogP contribution is 2.39. The Labute approximate surface area is 192 Å². The van der Waals surface area contributed by atoms with E-state index < -0.39 is 0 Å². The van der Waals surface area contributed by atoms with Gasteiger partial charge < -0.3 is 14.8 Å². The number of piperazine rings is 1. The summed E-state index contributed by atoms with van der Waals surface area (Å²) in [6, 6.07) is 26.6. The molecule has 4 heteroatoms. The number of nitrogens with one attached hydrogen (secondary N) is 1. The molecule has 4 nitrogen and oxygen atoms in total. The maximum Gasteiger partial charge on any atom is 0.170 e. The predicted octanol–water partition coefficient (Wildman–Crippen LogP) is 6.65. The fraction of sp³-hybridized carbons (Fsp3) is 0.357. The van der Waals surface area contributed by atoms with Gasteiger partial charge >= 0.3 is 0 Å². The van der Waals surface area contributed by atoms with Crippen LogP contribution >= 0.6 is 0 Å². The topological polar surface area (TPSA) is 33.7 Å². The molecule has 168 valence electrons. The third-order valence-electron chi connectivity index (χ3n) is 5.90. The van der Waals surface area contributed by atoms with Gasteiger partial charge in [0, 0.05) is 32.2 Å². The summed E-state index contributed by atoms with van der Waals surface area (Å²) in [5.74, 6) is 3.77. The Kier molecular flexibility index (Phi) is 7.81. The maximum absolute atomic E-state index is 6.33. The van der Waals surface area contributed by atoms with Crippen molar-refractivity contribution in [3.63, 3.8) is 0 Å². The maximum atomic E-state index is 6.33. The van der Waals surface area contributed by atoms with Gasteiger partial charge in [0.05, 0.1) is 0 Å². The average Bonchev–Trinajstić information content (AvgIpc) is 2.82. The number of ether oxygens (including phenoxy) is 2. The van der Waals surface area contributed by atoms with Crippen LogP contribution in [0.1, 0.15) is 38.3 Å². The molecule has 1 N–H and O–H groups in total. The van der Waals surface area contributed by atoms with Crippen molar-refractivity contribution in [3.8, 4) is 23.0 Å². The minimum Gasteiger partial charge on any atom is -0.453 e. The third kappa shape index (κ3) is 6.12. The summed E-state index contributed by atoms with van der Waals surface area (Å²) >= 11 is 0. The largest absolute Gasteiger partial charge is 0.453 e. The van der Waals surface area contributed by atoms with Crippen LogP contribution in [0.15, 0.2) is 78.9 Å². The SMILES string of the molecule is CC(C)CC[C@H](c1ccc(Oc2ccccc2)c(Oc2ccccc2)c1)N1CCNCC1. The van der Waals surface area contributed by atoms with Crippen LogP contribution in [0.5, 0.6) is 23.0 Å². The van der Waals surface area contributed by atoms with Crippen molar-refractivity contribution in [1.29, 1.82) is 0 Å². The second kappa shape index (κ2) is 11.2. The minimum atomic E-state index is 0.378. The average molecular weight is 431 g/mol. The highest BCUT2D eigenvalue weighted by Gasteiger charge is 2.24. The van der Waals surface area contributed by atoms with Crippen LogP contribution in [0.25, 0.3) is 0 Å². The second-order valence-corrected chi connectivity index (χ2v) is 8.81. The number of hydrogen-bond donors (Lipinski definition) is 1. The minimum absolute atomic E-state index is 0.378. The standard InChI is InChI=1S/C28H34N2O2/c1-22(2)13-15-26(30-19-17-29-18-20-30)23-14-16-27(31-24-9-5-3-6-10-24)28(21-23)32-25-11-7-4-8-12-25/h3-12,14,16,21-22,26,29H,13,15,17-20H2,1-2H3/t26-/m1/s1. The Bertz CT molecular complexity index is 954. The third-order valence-corrected chi connectivity index (χ3v) is 5.90. The van der Waals surface area contributed by atoms with Gasteiger partial charge in [-0.15, -0.1) is 0 Å². The molecular weight excluding hydrogens is 396 g/mol. The molecule has 0 bridgehead atoms. The lowest BCUT2D eigenvalue weighted by molar-refractivity contribution is 0.159. The predicted molar refractivity (Wildman–Crippen MR) is 131 cm³/mol. The number of benzene rings is 3. The zero-order valence-electron chi connectivity index (χ0n) is 19.2. The van der Waals surface area contributed by atoms with Crippen LogP contribution in [-0.2, 0) is 0 Å². The normalized spacial score (nSPS) is 15.5. The van der Waals surface area contributed by atoms with Crippen molar-refractivity contribution in [1.82, 2.24) is 10.2 Å². The van der Waals surface area contributed by atoms with Crippen molar-refractivity contribution < 1.29 is 9.47 Å². The Balaban J connectivity index is 1.66. The van der Waals surface area contributed by atoms with E-state index in [9.17, 15) is 0 Å². The lowest BCUT2D eigenvalue weighted by Gasteiger charge is -2.36. The molecule has 0 aromatic heterocycles. The van der Waals surface area contributed by atoms with Gasteiger partial charge in [0.1, 0.15) is 11.5 Å². The van der Waals surface area contributed by atoms with Crippen LogP contribution in [0.4, 0.5) is 0 Å². The Morgan fingerprint density at radius 3 is 1.94 bits per heavy atom. The molecule has 0 spiro atoms. The fourth-order valence-corrected chi connectivity index (χ4v) is 4.17. The first-order valence-electron chi connectivity index (χ1n) is 11.7. The van der Waals surface area contributed by atoms with Gasteiger partial charge in [-0.25, -0.2) is 0 Å². The van der Waals surface area contributed by atoms with Crippen molar-refractivity contribution in [2.24, 2.45) is 5.92 Å². The Hall–Kier alpha value is -2.82. The molecule has 0 radical (unpaired) electrons. The molecule has 1 aliphatic rings. The van der Waals surface area contributed by atoms with Gasteiger partial charge in [0.15, 0.2) is 11.5 Å². The summed E-state index contributed by atoms with van der Waals surface area (Å²) in [6.07, 6.45) is 2.34. The molecule has 3 aromatic carbocycles. The number of para-hydroxylation sites is 2. The summed E-state index contributed by atoms with van der Waals surface area (Å²) in [4.78, 5) is 2.61. The molecule has 0 aliphatic carbocycles. The van der Waals surface area contributed by atoms with E-state index in [0.717, 1.165) is 55.6 Å². The molecule has 3 aromatic rings. The smallest absolute Gasteiger partial charge is 0.170 e. The molecule has 1 aliphatic heterocycles. The second-order valence-electron chi connectivity index (χ2n) is 8.81. The Morgan fingerprint density at radius 2 is 1.34 bits per heavy atom. The zero-order chi connectivity index (χ0) is 22.2. The molecule has 32 heavy (non-hydrogen) atoms. The van der Waals surface area contributed by atoms with Crippen LogP contribution in [0.2, 0.25) is 0 Å². The monoisotopic (exact) mass is 430 g/mol. The molecular formula is C28H34N2O2. The quantitative estimate of drug-likeness (QED) is 0.412. The van der Waals surface area contributed by atoms with E-state index in [1.807, 2.05) is 60.7 Å². The van der Waals surface area contributed by atoms with Crippen molar-refractivity contribution in [2.45, 2.75) is 32.7 Å². The fourth-order valence-electron chi connectivity index (χ4n) is 4.17. The van der Waals surface area contributed by atoms with Gasteiger partial charge in [-0.2, -0.15) is 0 Å². The summed E-state index contributed by atoms with van der Waals surface area (Å²) in [7, 11) is 0. The van der Waals surface area contributed by atoms with Crippen LogP contribution < -0.4 is 14.8 Å². The first-order chi connectivity index (χ1) is 15.7. The van der Waals surface area contributed by atoms with E-state index in [1.165, 1.54) is 12.0 Å². The molecule has 1 fully saturated rings.